The number of methoxy groups -OCH3 is 1. The Bertz CT molecular complexity index is 485. The number of thiophene rings is 1. The first-order chi connectivity index (χ1) is 8.80. The fourth-order valence-corrected chi connectivity index (χ4v) is 5.35. The Morgan fingerprint density at radius 1 is 1.06 bits per heavy atom. The molecule has 1 nitrogen and oxygen atoms in total. The molecule has 0 aliphatic carbocycles. The molecule has 2 rings (SSSR count). The topological polar surface area (TPSA) is 9.23 Å². The van der Waals surface area contributed by atoms with Crippen molar-refractivity contribution < 1.29 is 4.74 Å². The molecule has 0 aliphatic heterocycles. The second-order valence-corrected chi connectivity index (χ2v) is 7.78. The average molecular weight is 278 g/mol. The standard InChI is InChI=1S/C15H19OPS/c1-4-17(5-2)14-10-11-18-15(14)12-6-8-13(16-3)9-7-12/h6-11H,4-5H2,1-3H3. The molecule has 0 atom stereocenters. The molecule has 1 aromatic carbocycles. The third kappa shape index (κ3) is 2.76. The molecule has 0 fully saturated rings. The van der Waals surface area contributed by atoms with Gasteiger partial charge >= 0.3 is 0 Å². The van der Waals surface area contributed by atoms with E-state index < -0.39 is 0 Å². The van der Waals surface area contributed by atoms with Crippen molar-refractivity contribution in [2.45, 2.75) is 13.8 Å². The molecule has 0 bridgehead atoms. The lowest BCUT2D eigenvalue weighted by Crippen LogP contribution is -2.03. The summed E-state index contributed by atoms with van der Waals surface area (Å²) in [6.07, 6.45) is 2.54. The summed E-state index contributed by atoms with van der Waals surface area (Å²) in [7, 11) is 1.72. The van der Waals surface area contributed by atoms with Crippen LogP contribution in [0.1, 0.15) is 13.8 Å². The molecule has 0 spiro atoms. The van der Waals surface area contributed by atoms with Crippen molar-refractivity contribution in [2.75, 3.05) is 19.4 Å². The van der Waals surface area contributed by atoms with Gasteiger partial charge < -0.3 is 4.74 Å². The molecule has 0 amide bonds. The lowest BCUT2D eigenvalue weighted by atomic mass is 10.2. The van der Waals surface area contributed by atoms with Crippen molar-refractivity contribution in [1.82, 2.24) is 0 Å². The summed E-state index contributed by atoms with van der Waals surface area (Å²) in [5, 5.41) is 3.78. The van der Waals surface area contributed by atoms with E-state index in [2.05, 4.69) is 37.4 Å². The lowest BCUT2D eigenvalue weighted by molar-refractivity contribution is 0.415. The van der Waals surface area contributed by atoms with E-state index >= 15 is 0 Å². The van der Waals surface area contributed by atoms with Crippen LogP contribution in [0.15, 0.2) is 35.7 Å². The van der Waals surface area contributed by atoms with E-state index in [9.17, 15) is 0 Å². The minimum atomic E-state index is 0.00917. The summed E-state index contributed by atoms with van der Waals surface area (Å²) in [6.45, 7) is 4.59. The highest BCUT2D eigenvalue weighted by molar-refractivity contribution is 7.66. The van der Waals surface area contributed by atoms with Crippen LogP contribution < -0.4 is 10.0 Å². The zero-order valence-corrected chi connectivity index (χ0v) is 12.9. The monoisotopic (exact) mass is 278 g/mol. The first kappa shape index (κ1) is 13.6. The molecule has 96 valence electrons. The van der Waals surface area contributed by atoms with Crippen LogP contribution in [0.5, 0.6) is 5.75 Å². The normalized spacial score (nSPS) is 10.9. The maximum absolute atomic E-state index is 5.21. The number of ether oxygens (including phenoxy) is 1. The van der Waals surface area contributed by atoms with Crippen molar-refractivity contribution in [2.24, 2.45) is 0 Å². The second kappa shape index (κ2) is 6.36. The van der Waals surface area contributed by atoms with Crippen molar-refractivity contribution in [1.29, 1.82) is 0 Å². The fraction of sp³-hybridized carbons (Fsp3) is 0.333. The Morgan fingerprint density at radius 3 is 2.28 bits per heavy atom. The highest BCUT2D eigenvalue weighted by atomic mass is 32.1. The molecule has 1 aromatic heterocycles. The molecule has 0 N–H and O–H groups in total. The van der Waals surface area contributed by atoms with E-state index in [0.717, 1.165) is 5.75 Å². The van der Waals surface area contributed by atoms with Gasteiger partial charge in [0.15, 0.2) is 0 Å². The Labute approximate surface area is 115 Å². The third-order valence-corrected chi connectivity index (χ3v) is 6.80. The number of hydrogen-bond acceptors (Lipinski definition) is 2. The van der Waals surface area contributed by atoms with Crippen LogP contribution in [0, 0.1) is 0 Å². The maximum atomic E-state index is 5.21. The van der Waals surface area contributed by atoms with E-state index in [1.165, 1.54) is 22.8 Å². The predicted molar refractivity (Wildman–Crippen MR) is 83.9 cm³/mol. The van der Waals surface area contributed by atoms with Gasteiger partial charge in [0, 0.05) is 4.88 Å². The molecule has 0 saturated heterocycles. The fourth-order valence-electron chi connectivity index (χ4n) is 2.07. The van der Waals surface area contributed by atoms with Gasteiger partial charge in [-0.15, -0.1) is 11.3 Å². The van der Waals surface area contributed by atoms with E-state index in [-0.39, 0.29) is 7.92 Å². The van der Waals surface area contributed by atoms with Gasteiger partial charge in [-0.05, 0) is 58.9 Å². The summed E-state index contributed by atoms with van der Waals surface area (Å²) in [4.78, 5) is 1.44. The van der Waals surface area contributed by atoms with Crippen molar-refractivity contribution in [3.63, 3.8) is 0 Å². The number of benzene rings is 1. The zero-order chi connectivity index (χ0) is 13.0. The van der Waals surface area contributed by atoms with Crippen molar-refractivity contribution in [3.05, 3.63) is 35.7 Å². The molecule has 1 heterocycles. The minimum absolute atomic E-state index is 0.00917. The van der Waals surface area contributed by atoms with E-state index in [0.29, 0.717) is 0 Å². The van der Waals surface area contributed by atoms with E-state index in [1.54, 1.807) is 12.4 Å². The molecule has 0 radical (unpaired) electrons. The largest absolute Gasteiger partial charge is 0.497 e. The molecule has 0 saturated carbocycles. The summed E-state index contributed by atoms with van der Waals surface area (Å²) in [5.74, 6) is 0.921. The Hall–Kier alpha value is -0.850. The van der Waals surface area contributed by atoms with Crippen molar-refractivity contribution in [3.8, 4) is 16.2 Å². The van der Waals surface area contributed by atoms with Gasteiger partial charge in [-0.1, -0.05) is 21.8 Å². The highest BCUT2D eigenvalue weighted by Crippen LogP contribution is 2.39. The Kier molecular flexibility index (Phi) is 4.79. The molecule has 0 aliphatic rings. The summed E-state index contributed by atoms with van der Waals surface area (Å²) >= 11 is 1.85. The van der Waals surface area contributed by atoms with Gasteiger partial charge in [0.25, 0.3) is 0 Å². The zero-order valence-electron chi connectivity index (χ0n) is 11.1. The molecule has 2 aromatic rings. The highest BCUT2D eigenvalue weighted by Gasteiger charge is 2.13. The average Bonchev–Trinajstić information content (AvgIpc) is 2.90. The molecule has 18 heavy (non-hydrogen) atoms. The van der Waals surface area contributed by atoms with Crippen LogP contribution in [-0.4, -0.2) is 19.4 Å². The number of rotatable bonds is 5. The SMILES string of the molecule is CCP(CC)c1ccsc1-c1ccc(OC)cc1. The quantitative estimate of drug-likeness (QED) is 0.728. The van der Waals surface area contributed by atoms with Crippen molar-refractivity contribution >= 4 is 24.6 Å². The Balaban J connectivity index is 2.35. The smallest absolute Gasteiger partial charge is 0.118 e. The first-order valence-corrected chi connectivity index (χ1v) is 8.86. The van der Waals surface area contributed by atoms with Gasteiger partial charge in [-0.3, -0.25) is 0 Å². The van der Waals surface area contributed by atoms with Gasteiger partial charge in [0.2, 0.25) is 0 Å². The minimum Gasteiger partial charge on any atom is -0.497 e. The lowest BCUT2D eigenvalue weighted by Gasteiger charge is -2.14. The summed E-state index contributed by atoms with van der Waals surface area (Å²) in [6, 6.07) is 10.7. The first-order valence-electron chi connectivity index (χ1n) is 6.27. The Morgan fingerprint density at radius 2 is 1.72 bits per heavy atom. The molecule has 3 heteroatoms. The van der Waals surface area contributed by atoms with E-state index in [4.69, 9.17) is 4.74 Å². The van der Waals surface area contributed by atoms with Gasteiger partial charge in [0.1, 0.15) is 5.75 Å². The van der Waals surface area contributed by atoms with Crippen LogP contribution in [0.3, 0.4) is 0 Å². The van der Waals surface area contributed by atoms with Gasteiger partial charge in [-0.2, -0.15) is 0 Å². The summed E-state index contributed by atoms with van der Waals surface area (Å²) < 4.78 is 5.21. The van der Waals surface area contributed by atoms with Gasteiger partial charge in [-0.25, -0.2) is 0 Å². The molecule has 0 unspecified atom stereocenters. The van der Waals surface area contributed by atoms with E-state index in [1.807, 2.05) is 23.5 Å². The predicted octanol–water partition coefficient (Wildman–Crippen LogP) is 4.57. The third-order valence-electron chi connectivity index (χ3n) is 3.10. The van der Waals surface area contributed by atoms with Gasteiger partial charge in [0.05, 0.1) is 7.11 Å². The second-order valence-electron chi connectivity index (χ2n) is 4.04. The van der Waals surface area contributed by atoms with Crippen LogP contribution in [0.25, 0.3) is 10.4 Å². The molecular formula is C15H19OPS. The molecular weight excluding hydrogens is 259 g/mol. The summed E-state index contributed by atoms with van der Waals surface area (Å²) in [5.41, 5.74) is 1.32. The van der Waals surface area contributed by atoms with Crippen LogP contribution in [-0.2, 0) is 0 Å². The van der Waals surface area contributed by atoms with Crippen LogP contribution in [0.2, 0.25) is 0 Å². The number of hydrogen-bond donors (Lipinski definition) is 0. The maximum Gasteiger partial charge on any atom is 0.118 e. The van der Waals surface area contributed by atoms with Crippen LogP contribution >= 0.6 is 19.3 Å². The van der Waals surface area contributed by atoms with Crippen LogP contribution in [0.4, 0.5) is 0 Å².